The highest BCUT2D eigenvalue weighted by Gasteiger charge is 2.27. The number of hydrogen-bond donors (Lipinski definition) is 2. The van der Waals surface area contributed by atoms with Gasteiger partial charge in [0.05, 0.1) is 4.90 Å². The molecule has 0 aromatic heterocycles. The standard InChI is InChI=1S/C20H22N2O4S/c1-14(23)16-3-2-4-18(13-16)21-20(24)12-7-15-5-10-19(11-6-15)27(25,26)22-17-8-9-17/h2-6,10-11,13,17,22H,7-9,12H2,1H3,(H,21,24). The molecule has 6 nitrogen and oxygen atoms in total. The van der Waals surface area contributed by atoms with Gasteiger partial charge in [0.15, 0.2) is 5.78 Å². The number of benzene rings is 2. The number of rotatable bonds is 8. The van der Waals surface area contributed by atoms with Gasteiger partial charge in [-0.1, -0.05) is 24.3 Å². The summed E-state index contributed by atoms with van der Waals surface area (Å²) in [6, 6.07) is 13.5. The fraction of sp³-hybridized carbons (Fsp3) is 0.300. The number of carbonyl (C=O) groups is 2. The summed E-state index contributed by atoms with van der Waals surface area (Å²) in [5.74, 6) is -0.222. The monoisotopic (exact) mass is 386 g/mol. The van der Waals surface area contributed by atoms with Crippen molar-refractivity contribution in [2.24, 2.45) is 0 Å². The van der Waals surface area contributed by atoms with Crippen molar-refractivity contribution in [3.63, 3.8) is 0 Å². The minimum Gasteiger partial charge on any atom is -0.326 e. The van der Waals surface area contributed by atoms with Crippen molar-refractivity contribution in [3.8, 4) is 0 Å². The number of sulfonamides is 1. The van der Waals surface area contributed by atoms with Crippen LogP contribution in [0.5, 0.6) is 0 Å². The molecule has 142 valence electrons. The van der Waals surface area contributed by atoms with Gasteiger partial charge in [-0.15, -0.1) is 0 Å². The zero-order valence-corrected chi connectivity index (χ0v) is 15.9. The maximum Gasteiger partial charge on any atom is 0.240 e. The Hall–Kier alpha value is -2.51. The molecular formula is C20H22N2O4S. The van der Waals surface area contributed by atoms with Crippen LogP contribution in [0.25, 0.3) is 0 Å². The summed E-state index contributed by atoms with van der Waals surface area (Å²) >= 11 is 0. The summed E-state index contributed by atoms with van der Waals surface area (Å²) in [6.07, 6.45) is 2.54. The van der Waals surface area contributed by atoms with Gasteiger partial charge in [-0.3, -0.25) is 9.59 Å². The maximum atomic E-state index is 12.1. The van der Waals surface area contributed by atoms with Crippen LogP contribution < -0.4 is 10.0 Å². The Morgan fingerprint density at radius 2 is 1.78 bits per heavy atom. The lowest BCUT2D eigenvalue weighted by molar-refractivity contribution is -0.116. The molecule has 0 bridgehead atoms. The third-order valence-electron chi connectivity index (χ3n) is 4.33. The Labute approximate surface area is 159 Å². The van der Waals surface area contributed by atoms with Crippen LogP contribution in [0.4, 0.5) is 5.69 Å². The summed E-state index contributed by atoms with van der Waals surface area (Å²) in [4.78, 5) is 23.8. The molecule has 1 aliphatic rings. The molecule has 0 radical (unpaired) electrons. The van der Waals surface area contributed by atoms with Crippen LogP contribution in [0, 0.1) is 0 Å². The van der Waals surface area contributed by atoms with E-state index in [1.807, 2.05) is 0 Å². The zero-order chi connectivity index (χ0) is 19.4. The smallest absolute Gasteiger partial charge is 0.240 e. The average molecular weight is 386 g/mol. The van der Waals surface area contributed by atoms with Gasteiger partial charge in [0.1, 0.15) is 0 Å². The van der Waals surface area contributed by atoms with Gasteiger partial charge in [-0.05, 0) is 56.0 Å². The second kappa shape index (κ2) is 8.02. The van der Waals surface area contributed by atoms with Crippen molar-refractivity contribution in [2.75, 3.05) is 5.32 Å². The van der Waals surface area contributed by atoms with E-state index in [0.29, 0.717) is 17.7 Å². The van der Waals surface area contributed by atoms with E-state index in [0.717, 1.165) is 18.4 Å². The minimum atomic E-state index is -3.45. The van der Waals surface area contributed by atoms with Gasteiger partial charge < -0.3 is 5.32 Å². The summed E-state index contributed by atoms with van der Waals surface area (Å²) in [6.45, 7) is 1.48. The molecule has 2 aromatic carbocycles. The lowest BCUT2D eigenvalue weighted by atomic mass is 10.1. The Bertz CT molecular complexity index is 948. The molecule has 0 atom stereocenters. The van der Waals surface area contributed by atoms with Crippen molar-refractivity contribution in [2.45, 2.75) is 43.5 Å². The average Bonchev–Trinajstić information content (AvgIpc) is 3.44. The molecule has 3 rings (SSSR count). The van der Waals surface area contributed by atoms with Crippen LogP contribution >= 0.6 is 0 Å². The molecule has 0 heterocycles. The summed E-state index contributed by atoms with van der Waals surface area (Å²) in [5, 5.41) is 2.77. The van der Waals surface area contributed by atoms with Gasteiger partial charge >= 0.3 is 0 Å². The van der Waals surface area contributed by atoms with Gasteiger partial charge in [-0.2, -0.15) is 0 Å². The van der Waals surface area contributed by atoms with E-state index >= 15 is 0 Å². The van der Waals surface area contributed by atoms with E-state index in [9.17, 15) is 18.0 Å². The first-order chi connectivity index (χ1) is 12.8. The maximum absolute atomic E-state index is 12.1. The van der Waals surface area contributed by atoms with Gasteiger partial charge in [0, 0.05) is 23.7 Å². The van der Waals surface area contributed by atoms with E-state index in [1.165, 1.54) is 6.92 Å². The number of nitrogens with one attached hydrogen (secondary N) is 2. The molecule has 1 aliphatic carbocycles. The molecule has 2 aromatic rings. The second-order valence-corrected chi connectivity index (χ2v) is 8.44. The van der Waals surface area contributed by atoms with Crippen molar-refractivity contribution in [3.05, 3.63) is 59.7 Å². The van der Waals surface area contributed by atoms with Crippen molar-refractivity contribution >= 4 is 27.4 Å². The van der Waals surface area contributed by atoms with Crippen LogP contribution in [0.2, 0.25) is 0 Å². The Morgan fingerprint density at radius 3 is 2.41 bits per heavy atom. The summed E-state index contributed by atoms with van der Waals surface area (Å²) in [5.41, 5.74) is 2.01. The van der Waals surface area contributed by atoms with Gasteiger partial charge in [0.25, 0.3) is 0 Å². The molecule has 0 saturated heterocycles. The molecule has 1 amide bonds. The predicted molar refractivity (Wildman–Crippen MR) is 103 cm³/mol. The van der Waals surface area contributed by atoms with Crippen LogP contribution in [0.1, 0.15) is 42.1 Å². The Kier molecular flexibility index (Phi) is 5.72. The molecule has 0 aliphatic heterocycles. The molecule has 1 saturated carbocycles. The Morgan fingerprint density at radius 1 is 1.07 bits per heavy atom. The van der Waals surface area contributed by atoms with Crippen molar-refractivity contribution < 1.29 is 18.0 Å². The Balaban J connectivity index is 1.54. The highest BCUT2D eigenvalue weighted by Crippen LogP contribution is 2.22. The molecule has 1 fully saturated rings. The first-order valence-electron chi connectivity index (χ1n) is 8.85. The number of Topliss-reactive ketones (excluding diaryl/α,β-unsaturated/α-hetero) is 1. The topological polar surface area (TPSA) is 92.3 Å². The number of amides is 1. The van der Waals surface area contributed by atoms with E-state index < -0.39 is 10.0 Å². The predicted octanol–water partition coefficient (Wildman–Crippen LogP) is 2.90. The van der Waals surface area contributed by atoms with E-state index in [1.54, 1.807) is 48.5 Å². The lowest BCUT2D eigenvalue weighted by Crippen LogP contribution is -2.25. The van der Waals surface area contributed by atoms with Gasteiger partial charge in [-0.25, -0.2) is 13.1 Å². The van der Waals surface area contributed by atoms with E-state index in [2.05, 4.69) is 10.0 Å². The molecule has 2 N–H and O–H groups in total. The number of aryl methyl sites for hydroxylation is 1. The van der Waals surface area contributed by atoms with E-state index in [4.69, 9.17) is 0 Å². The van der Waals surface area contributed by atoms with Crippen LogP contribution in [0.15, 0.2) is 53.4 Å². The number of ketones is 1. The third kappa shape index (κ3) is 5.48. The molecule has 27 heavy (non-hydrogen) atoms. The first-order valence-corrected chi connectivity index (χ1v) is 10.3. The highest BCUT2D eigenvalue weighted by molar-refractivity contribution is 7.89. The molecule has 0 spiro atoms. The molecular weight excluding hydrogens is 364 g/mol. The van der Waals surface area contributed by atoms with Gasteiger partial charge in [0.2, 0.25) is 15.9 Å². The third-order valence-corrected chi connectivity index (χ3v) is 5.86. The SMILES string of the molecule is CC(=O)c1cccc(NC(=O)CCc2ccc(S(=O)(=O)NC3CC3)cc2)c1. The fourth-order valence-electron chi connectivity index (χ4n) is 2.62. The summed E-state index contributed by atoms with van der Waals surface area (Å²) < 4.78 is 26.9. The second-order valence-electron chi connectivity index (χ2n) is 6.72. The quantitative estimate of drug-likeness (QED) is 0.682. The number of carbonyl (C=O) groups excluding carboxylic acids is 2. The fourth-order valence-corrected chi connectivity index (χ4v) is 3.93. The van der Waals surface area contributed by atoms with Crippen LogP contribution in [0.3, 0.4) is 0 Å². The largest absolute Gasteiger partial charge is 0.326 e. The van der Waals surface area contributed by atoms with Crippen molar-refractivity contribution in [1.82, 2.24) is 4.72 Å². The number of hydrogen-bond acceptors (Lipinski definition) is 4. The lowest BCUT2D eigenvalue weighted by Gasteiger charge is -2.08. The molecule has 0 unspecified atom stereocenters. The van der Waals surface area contributed by atoms with Crippen LogP contribution in [-0.2, 0) is 21.2 Å². The van der Waals surface area contributed by atoms with Crippen molar-refractivity contribution in [1.29, 1.82) is 0 Å². The number of anilines is 1. The van der Waals surface area contributed by atoms with Crippen LogP contribution in [-0.4, -0.2) is 26.2 Å². The van der Waals surface area contributed by atoms with E-state index in [-0.39, 0.29) is 29.0 Å². The first kappa shape index (κ1) is 19.3. The zero-order valence-electron chi connectivity index (χ0n) is 15.1. The molecule has 7 heteroatoms. The minimum absolute atomic E-state index is 0.0580. The normalized spacial score (nSPS) is 14.0. The highest BCUT2D eigenvalue weighted by atomic mass is 32.2. The summed E-state index contributed by atoms with van der Waals surface area (Å²) in [7, 11) is -3.45.